The van der Waals surface area contributed by atoms with Gasteiger partial charge in [0.1, 0.15) is 46.3 Å². The van der Waals surface area contributed by atoms with Crippen LogP contribution in [-0.2, 0) is 0 Å². The summed E-state index contributed by atoms with van der Waals surface area (Å²) in [6, 6.07) is 130. The average Bonchev–Trinajstić information content (AvgIpc) is 0.682. The van der Waals surface area contributed by atoms with E-state index in [2.05, 4.69) is 374 Å². The topological polar surface area (TPSA) is 92.7 Å². The van der Waals surface area contributed by atoms with E-state index in [1.165, 1.54) is 0 Å². The van der Waals surface area contributed by atoms with E-state index >= 15 is 0 Å². The molecule has 4 aromatic heterocycles. The van der Waals surface area contributed by atoms with Crippen LogP contribution in [0.5, 0.6) is 23.0 Å². The first-order chi connectivity index (χ1) is 56.6. The quantitative estimate of drug-likeness (QED) is 0.103. The molecule has 13 nitrogen and oxygen atoms in total. The van der Waals surface area contributed by atoms with Gasteiger partial charge in [-0.15, -0.1) is 0 Å². The molecular weight excluding hydrogens is 1400 g/mol. The maximum atomic E-state index is 7.39. The van der Waals surface area contributed by atoms with Gasteiger partial charge < -0.3 is 24.2 Å². The molecule has 6 aliphatic rings. The summed E-state index contributed by atoms with van der Waals surface area (Å²) in [5.41, 5.74) is 26.1. The predicted molar refractivity (Wildman–Crippen MR) is 467 cm³/mol. The molecule has 0 saturated heterocycles. The summed E-state index contributed by atoms with van der Waals surface area (Å²) in [4.78, 5) is 38.2. The van der Waals surface area contributed by atoms with E-state index in [1.807, 2.05) is 49.1 Å². The molecule has 0 aliphatic carbocycles. The summed E-state index contributed by atoms with van der Waals surface area (Å²) < 4.78 is 14.8. The van der Waals surface area contributed by atoms with Crippen LogP contribution >= 0.6 is 0 Å². The van der Waals surface area contributed by atoms with Crippen LogP contribution in [0.25, 0.3) is 0 Å². The minimum absolute atomic E-state index is 0.324. The van der Waals surface area contributed by atoms with Crippen molar-refractivity contribution in [1.82, 2.24) is 19.9 Å². The number of para-hydroxylation sites is 8. The van der Waals surface area contributed by atoms with Gasteiger partial charge in [0.25, 0.3) is 20.1 Å². The van der Waals surface area contributed by atoms with Crippen LogP contribution in [0.2, 0.25) is 0 Å². The number of ether oxygens (including phenoxy) is 2. The fraction of sp³-hybridized carbons (Fsp3) is 0. The minimum atomic E-state index is -0.453. The lowest BCUT2D eigenvalue weighted by Gasteiger charge is -2.47. The van der Waals surface area contributed by atoms with Crippen molar-refractivity contribution in [3.05, 3.63) is 389 Å². The summed E-state index contributed by atoms with van der Waals surface area (Å²) in [6.07, 6.45) is 7.62. The van der Waals surface area contributed by atoms with Crippen LogP contribution < -0.4 is 92.9 Å². The molecule has 114 heavy (non-hydrogen) atoms. The van der Waals surface area contributed by atoms with Crippen LogP contribution in [0.15, 0.2) is 389 Å². The molecule has 17 aromatic rings. The van der Waals surface area contributed by atoms with Crippen LogP contribution in [0.4, 0.5) is 120 Å². The molecule has 532 valence electrons. The molecule has 0 spiro atoms. The first-order valence-electron chi connectivity index (χ1n) is 38.6. The van der Waals surface area contributed by atoms with Crippen molar-refractivity contribution in [3.8, 4) is 23.0 Å². The maximum Gasteiger partial charge on any atom is 0.256 e. The highest BCUT2D eigenvalue weighted by Crippen LogP contribution is 2.53. The maximum absolute atomic E-state index is 7.39. The van der Waals surface area contributed by atoms with Crippen molar-refractivity contribution < 1.29 is 9.47 Å². The standard InChI is InChI=1S/C98H64B3N11O2/c1-7-31-65(32-8-1)106(66-33-9-2-10-34-66)71-55-84-96-85(56-71)110(93-48-24-28-52-103-93)83-64-81-77(100-75-44-20-22-46-89(75)114-91-60-73(58-87(98(91)100)112(81)95-50-26-30-54-105-95)108(69-39-15-5-16-40-69)70-41-17-6-18-42-70)62-79(83)101(96)78-61-76-80(63-82(78)109(84)92-47-23-27-51-102-92)111(94-49-25-29-53-104-94)86-57-72(59-90-97(86)99(76)74-43-19-21-45-88(74)113-90)107(67-35-11-3-12-36-67)68-37-13-4-14-38-68/h1-64H. The molecule has 0 N–H and O–H groups in total. The highest BCUT2D eigenvalue weighted by molar-refractivity contribution is 7.04. The zero-order chi connectivity index (χ0) is 74.9. The minimum Gasteiger partial charge on any atom is -0.458 e. The first-order valence-corrected chi connectivity index (χ1v) is 38.6. The smallest absolute Gasteiger partial charge is 0.256 e. The van der Waals surface area contributed by atoms with Crippen molar-refractivity contribution in [2.75, 3.05) is 34.3 Å². The van der Waals surface area contributed by atoms with Crippen LogP contribution in [0.1, 0.15) is 0 Å². The molecule has 16 heteroatoms. The Morgan fingerprint density at radius 3 is 0.719 bits per heavy atom. The molecule has 0 fully saturated rings. The Labute approximate surface area is 660 Å². The Kier molecular flexibility index (Phi) is 14.9. The number of anilines is 21. The van der Waals surface area contributed by atoms with Crippen LogP contribution in [0.3, 0.4) is 0 Å². The lowest BCUT2D eigenvalue weighted by atomic mass is 9.29. The normalized spacial score (nSPS) is 13.1. The molecule has 6 aliphatic heterocycles. The second-order valence-electron chi connectivity index (χ2n) is 29.3. The van der Waals surface area contributed by atoms with Gasteiger partial charge in [0, 0.05) is 117 Å². The van der Waals surface area contributed by atoms with E-state index in [4.69, 9.17) is 29.4 Å². The number of pyridine rings is 4. The van der Waals surface area contributed by atoms with E-state index in [1.54, 1.807) is 0 Å². The highest BCUT2D eigenvalue weighted by atomic mass is 16.5. The van der Waals surface area contributed by atoms with Crippen molar-refractivity contribution in [3.63, 3.8) is 0 Å². The lowest BCUT2D eigenvalue weighted by Crippen LogP contribution is -2.66. The Morgan fingerprint density at radius 1 is 0.193 bits per heavy atom. The largest absolute Gasteiger partial charge is 0.458 e. The predicted octanol–water partition coefficient (Wildman–Crippen LogP) is 18.6. The Hall–Kier alpha value is -15.1. The first kappa shape index (κ1) is 64.8. The third-order valence-corrected chi connectivity index (χ3v) is 23.0. The van der Waals surface area contributed by atoms with Gasteiger partial charge in [-0.3, -0.25) is 19.6 Å². The molecule has 0 saturated carbocycles. The molecule has 0 radical (unpaired) electrons. The summed E-state index contributed by atoms with van der Waals surface area (Å²) in [7, 11) is 0. The number of fused-ring (bicyclic) bond motifs is 12. The van der Waals surface area contributed by atoms with Gasteiger partial charge in [0.05, 0.1) is 17.1 Å². The monoisotopic (exact) mass is 1460 g/mol. The summed E-state index contributed by atoms with van der Waals surface area (Å²) in [6.45, 7) is -1.10. The number of aromatic nitrogens is 4. The van der Waals surface area contributed by atoms with Gasteiger partial charge in [-0.2, -0.15) is 0 Å². The van der Waals surface area contributed by atoms with Crippen molar-refractivity contribution in [2.45, 2.75) is 0 Å². The Balaban J connectivity index is 0.844. The summed E-state index contributed by atoms with van der Waals surface area (Å²) >= 11 is 0. The average molecular weight is 1460 g/mol. The fourth-order valence-electron chi connectivity index (χ4n) is 18.4. The number of benzene rings is 13. The lowest BCUT2D eigenvalue weighted by molar-refractivity contribution is 0.487. The van der Waals surface area contributed by atoms with Crippen LogP contribution in [0, 0.1) is 0 Å². The molecule has 0 amide bonds. The SMILES string of the molecule is c1ccc(N(c2ccccc2)c2cc3c4c(c2)N(c2ccccn2)c2cc5c(cc2B4c2ccccc2O3)B2c3cc4c(cc3N(c3ccccn3)c3cc(N(c6ccccc6)c6ccccc6)cc(c32)N5c2ccccn2)N(c2ccccn2)c2cc(N(c3ccccc3)c3ccccc3)cc3c2B4c2ccccc2O3)cc1. The molecular formula is C98H64B3N11O2. The molecule has 13 aromatic carbocycles. The third kappa shape index (κ3) is 10.2. The molecule has 0 atom stereocenters. The number of rotatable bonds is 13. The Morgan fingerprint density at radius 2 is 0.439 bits per heavy atom. The summed E-state index contributed by atoms with van der Waals surface area (Å²) in [5.74, 6) is 6.12. The highest BCUT2D eigenvalue weighted by Gasteiger charge is 2.51. The molecule has 0 unspecified atom stereocenters. The number of nitrogens with zero attached hydrogens (tertiary/aromatic N) is 11. The van der Waals surface area contributed by atoms with Gasteiger partial charge in [0.2, 0.25) is 0 Å². The number of hydrogen-bond acceptors (Lipinski definition) is 13. The molecule has 0 bridgehead atoms. The zero-order valence-corrected chi connectivity index (χ0v) is 61.4. The van der Waals surface area contributed by atoms with Crippen molar-refractivity contribution in [2.24, 2.45) is 0 Å². The van der Waals surface area contributed by atoms with Crippen LogP contribution in [-0.4, -0.2) is 40.1 Å². The second-order valence-corrected chi connectivity index (χ2v) is 29.3. The summed E-state index contributed by atoms with van der Waals surface area (Å²) in [5, 5.41) is 0. The molecule has 23 rings (SSSR count). The van der Waals surface area contributed by atoms with Gasteiger partial charge in [-0.05, 0) is 219 Å². The second kappa shape index (κ2) is 26.3. The van der Waals surface area contributed by atoms with E-state index in [-0.39, 0.29) is 13.4 Å². The van der Waals surface area contributed by atoms with Gasteiger partial charge >= 0.3 is 0 Å². The Bertz CT molecular complexity index is 6150. The van der Waals surface area contributed by atoms with Gasteiger partial charge in [-0.25, -0.2) is 19.9 Å². The third-order valence-electron chi connectivity index (χ3n) is 23.0. The van der Waals surface area contributed by atoms with Gasteiger partial charge in [0.15, 0.2) is 0 Å². The van der Waals surface area contributed by atoms with E-state index in [0.29, 0.717) is 0 Å². The van der Waals surface area contributed by atoms with E-state index < -0.39 is 6.71 Å². The zero-order valence-electron chi connectivity index (χ0n) is 61.4. The molecule has 10 heterocycles. The number of hydrogen-bond donors (Lipinski definition) is 0. The van der Waals surface area contributed by atoms with E-state index in [0.717, 1.165) is 192 Å². The van der Waals surface area contributed by atoms with Crippen molar-refractivity contribution >= 4 is 189 Å². The van der Waals surface area contributed by atoms with E-state index in [9.17, 15) is 0 Å². The van der Waals surface area contributed by atoms with Gasteiger partial charge in [-0.1, -0.05) is 182 Å². The van der Waals surface area contributed by atoms with Crippen molar-refractivity contribution in [1.29, 1.82) is 0 Å². The fourth-order valence-corrected chi connectivity index (χ4v) is 18.4.